The molecule has 0 saturated carbocycles. The molecule has 24 heavy (non-hydrogen) atoms. The molecule has 124 valence electrons. The summed E-state index contributed by atoms with van der Waals surface area (Å²) < 4.78 is 0. The quantitative estimate of drug-likeness (QED) is 0.480. The van der Waals surface area contributed by atoms with E-state index < -0.39 is 0 Å². The standard InChI is InChI=1S/C24H28/c1-23(2,3)19-11-15-7-9-17-13-20(24(4,5)6)14-18-10-8-16(12-19)21(15)22(17)18/h7-14,21-22H,1-6H3. The molecule has 0 amide bonds. The van der Waals surface area contributed by atoms with Gasteiger partial charge in [0.15, 0.2) is 0 Å². The van der Waals surface area contributed by atoms with Crippen LogP contribution >= 0.6 is 0 Å². The van der Waals surface area contributed by atoms with E-state index in [0.29, 0.717) is 11.8 Å². The van der Waals surface area contributed by atoms with E-state index in [1.807, 2.05) is 0 Å². The molecule has 0 fully saturated rings. The fraction of sp³-hybridized carbons (Fsp3) is 0.417. The SMILES string of the molecule is CC(C)(C)C1=CC2=CC=C3C=C(C(C)(C)C)C=C4C=CC(=C1)C2C34. The molecular weight excluding hydrogens is 288 g/mol. The van der Waals surface area contributed by atoms with Gasteiger partial charge in [-0.05, 0) is 44.3 Å². The third-order valence-electron chi connectivity index (χ3n) is 5.73. The van der Waals surface area contributed by atoms with Gasteiger partial charge in [-0.2, -0.15) is 0 Å². The molecule has 0 aromatic rings. The summed E-state index contributed by atoms with van der Waals surface area (Å²) in [5.74, 6) is 1.01. The molecule has 4 aliphatic rings. The fourth-order valence-electron chi connectivity index (χ4n) is 4.17. The summed E-state index contributed by atoms with van der Waals surface area (Å²) >= 11 is 0. The molecule has 4 rings (SSSR count). The minimum Gasteiger partial charge on any atom is -0.0581 e. The van der Waals surface area contributed by atoms with Gasteiger partial charge >= 0.3 is 0 Å². The van der Waals surface area contributed by atoms with Crippen LogP contribution in [0.25, 0.3) is 0 Å². The van der Waals surface area contributed by atoms with Crippen molar-refractivity contribution >= 4 is 0 Å². The Hall–Kier alpha value is -1.82. The van der Waals surface area contributed by atoms with Crippen LogP contribution in [0, 0.1) is 22.7 Å². The summed E-state index contributed by atoms with van der Waals surface area (Å²) in [6.45, 7) is 13.8. The number of hydrogen-bond donors (Lipinski definition) is 0. The lowest BCUT2D eigenvalue weighted by atomic mass is 9.61. The lowest BCUT2D eigenvalue weighted by molar-refractivity contribution is 0.489. The normalized spacial score (nSPS) is 28.1. The van der Waals surface area contributed by atoms with E-state index >= 15 is 0 Å². The van der Waals surface area contributed by atoms with Crippen LogP contribution in [-0.4, -0.2) is 0 Å². The molecule has 0 heteroatoms. The minimum absolute atomic E-state index is 0.193. The average Bonchev–Trinajstić information content (AvgIpc) is 2.50. The second kappa shape index (κ2) is 4.85. The largest absolute Gasteiger partial charge is 0.0581 e. The Morgan fingerprint density at radius 1 is 0.542 bits per heavy atom. The molecule has 4 aliphatic carbocycles. The highest BCUT2D eigenvalue weighted by atomic mass is 14.4. The Labute approximate surface area is 146 Å². The average molecular weight is 316 g/mol. The number of rotatable bonds is 0. The van der Waals surface area contributed by atoms with Gasteiger partial charge in [-0.15, -0.1) is 0 Å². The number of hydrogen-bond acceptors (Lipinski definition) is 0. The number of allylic oxidation sites excluding steroid dienone is 14. The first-order valence-electron chi connectivity index (χ1n) is 9.12. The van der Waals surface area contributed by atoms with Gasteiger partial charge in [0.25, 0.3) is 0 Å². The van der Waals surface area contributed by atoms with E-state index in [4.69, 9.17) is 0 Å². The molecular formula is C24H28. The maximum Gasteiger partial charge on any atom is 0.0199 e. The lowest BCUT2D eigenvalue weighted by Crippen LogP contribution is -2.31. The predicted molar refractivity (Wildman–Crippen MR) is 104 cm³/mol. The molecule has 0 bridgehead atoms. The molecule has 0 N–H and O–H groups in total. The van der Waals surface area contributed by atoms with Crippen molar-refractivity contribution in [3.63, 3.8) is 0 Å². The van der Waals surface area contributed by atoms with Crippen LogP contribution in [0.4, 0.5) is 0 Å². The van der Waals surface area contributed by atoms with Crippen LogP contribution in [0.3, 0.4) is 0 Å². The minimum atomic E-state index is 0.193. The highest BCUT2D eigenvalue weighted by Crippen LogP contribution is 2.52. The van der Waals surface area contributed by atoms with Gasteiger partial charge in [0.05, 0.1) is 0 Å². The first-order chi connectivity index (χ1) is 11.1. The molecule has 0 radical (unpaired) electrons. The van der Waals surface area contributed by atoms with Crippen molar-refractivity contribution in [2.75, 3.05) is 0 Å². The Kier molecular flexibility index (Phi) is 3.17. The van der Waals surface area contributed by atoms with Crippen molar-refractivity contribution in [3.8, 4) is 0 Å². The van der Waals surface area contributed by atoms with Crippen molar-refractivity contribution < 1.29 is 0 Å². The predicted octanol–water partition coefficient (Wildman–Crippen LogP) is 6.48. The summed E-state index contributed by atoms with van der Waals surface area (Å²) in [6, 6.07) is 0. The van der Waals surface area contributed by atoms with Crippen molar-refractivity contribution in [2.24, 2.45) is 22.7 Å². The first kappa shape index (κ1) is 15.7. The molecule has 0 aromatic carbocycles. The van der Waals surface area contributed by atoms with E-state index in [1.165, 1.54) is 33.4 Å². The van der Waals surface area contributed by atoms with Gasteiger partial charge < -0.3 is 0 Å². The van der Waals surface area contributed by atoms with Crippen LogP contribution in [0.1, 0.15) is 41.5 Å². The maximum atomic E-state index is 2.43. The Bertz CT molecular complexity index is 744. The van der Waals surface area contributed by atoms with Crippen molar-refractivity contribution in [3.05, 3.63) is 82.0 Å². The molecule has 0 nitrogen and oxygen atoms in total. The zero-order valence-corrected chi connectivity index (χ0v) is 15.8. The van der Waals surface area contributed by atoms with Crippen LogP contribution in [0.2, 0.25) is 0 Å². The van der Waals surface area contributed by atoms with Gasteiger partial charge in [-0.3, -0.25) is 0 Å². The maximum absolute atomic E-state index is 2.43. The molecule has 2 unspecified atom stereocenters. The summed E-state index contributed by atoms with van der Waals surface area (Å²) in [6.07, 6.45) is 19.1. The van der Waals surface area contributed by atoms with Gasteiger partial charge in [0.2, 0.25) is 0 Å². The van der Waals surface area contributed by atoms with E-state index in [1.54, 1.807) is 0 Å². The van der Waals surface area contributed by atoms with Crippen LogP contribution in [0.5, 0.6) is 0 Å². The topological polar surface area (TPSA) is 0 Å². The van der Waals surface area contributed by atoms with Gasteiger partial charge in [-0.25, -0.2) is 0 Å². The summed E-state index contributed by atoms with van der Waals surface area (Å²) in [7, 11) is 0. The second-order valence-corrected chi connectivity index (χ2v) is 9.61. The van der Waals surface area contributed by atoms with E-state index in [0.717, 1.165) is 0 Å². The third-order valence-corrected chi connectivity index (χ3v) is 5.73. The third kappa shape index (κ3) is 2.35. The van der Waals surface area contributed by atoms with E-state index in [9.17, 15) is 0 Å². The van der Waals surface area contributed by atoms with Gasteiger partial charge in [0.1, 0.15) is 0 Å². The van der Waals surface area contributed by atoms with E-state index in [-0.39, 0.29) is 10.8 Å². The molecule has 0 aliphatic heterocycles. The second-order valence-electron chi connectivity index (χ2n) is 9.61. The Morgan fingerprint density at radius 2 is 0.917 bits per heavy atom. The zero-order valence-electron chi connectivity index (χ0n) is 15.8. The molecule has 0 heterocycles. The summed E-state index contributed by atoms with van der Waals surface area (Å²) in [4.78, 5) is 0. The van der Waals surface area contributed by atoms with E-state index in [2.05, 4.69) is 90.2 Å². The summed E-state index contributed by atoms with van der Waals surface area (Å²) in [5.41, 5.74) is 9.19. The first-order valence-corrected chi connectivity index (χ1v) is 9.12. The van der Waals surface area contributed by atoms with Gasteiger partial charge in [0, 0.05) is 11.8 Å². The lowest BCUT2D eigenvalue weighted by Gasteiger charge is -2.42. The highest BCUT2D eigenvalue weighted by molar-refractivity contribution is 5.63. The summed E-state index contributed by atoms with van der Waals surface area (Å²) in [5, 5.41) is 0. The van der Waals surface area contributed by atoms with Crippen LogP contribution in [-0.2, 0) is 0 Å². The molecule has 0 spiro atoms. The molecule has 2 atom stereocenters. The van der Waals surface area contributed by atoms with Gasteiger partial charge in [-0.1, -0.05) is 90.2 Å². The van der Waals surface area contributed by atoms with Crippen molar-refractivity contribution in [1.29, 1.82) is 0 Å². The zero-order chi connectivity index (χ0) is 17.3. The van der Waals surface area contributed by atoms with Crippen LogP contribution in [0.15, 0.2) is 82.0 Å². The Morgan fingerprint density at radius 3 is 1.25 bits per heavy atom. The smallest absolute Gasteiger partial charge is 0.0199 e. The molecule has 0 aromatic heterocycles. The monoisotopic (exact) mass is 316 g/mol. The fourth-order valence-corrected chi connectivity index (χ4v) is 4.17. The van der Waals surface area contributed by atoms with Crippen LogP contribution < -0.4 is 0 Å². The Balaban J connectivity index is 1.88. The van der Waals surface area contributed by atoms with Crippen molar-refractivity contribution in [1.82, 2.24) is 0 Å². The highest BCUT2D eigenvalue weighted by Gasteiger charge is 2.39. The van der Waals surface area contributed by atoms with Crippen molar-refractivity contribution in [2.45, 2.75) is 41.5 Å². The molecule has 0 saturated heterocycles.